The zero-order valence-electron chi connectivity index (χ0n) is 14.4. The smallest absolute Gasteiger partial charge is 0.335 e. The molecule has 0 spiro atoms. The molecule has 0 aromatic heterocycles. The highest BCUT2D eigenvalue weighted by Crippen LogP contribution is 2.02. The van der Waals surface area contributed by atoms with Crippen LogP contribution in [0, 0.1) is 36.5 Å². The van der Waals surface area contributed by atoms with E-state index in [4.69, 9.17) is 20.7 Å². The molecule has 2 aromatic carbocycles. The largest absolute Gasteiger partial charge is 0.478 e. The van der Waals surface area contributed by atoms with E-state index in [1.807, 2.05) is 13.8 Å². The molecule has 6 nitrogen and oxygen atoms in total. The molecule has 0 atom stereocenters. The van der Waals surface area contributed by atoms with Crippen molar-refractivity contribution >= 4 is 11.9 Å². The van der Waals surface area contributed by atoms with Crippen LogP contribution < -0.4 is 0 Å². The van der Waals surface area contributed by atoms with Crippen molar-refractivity contribution in [1.82, 2.24) is 0 Å². The van der Waals surface area contributed by atoms with Crippen molar-refractivity contribution in [3.8, 4) is 12.1 Å². The number of hydrogen-bond acceptors (Lipinski definition) is 4. The number of rotatable bonds is 2. The van der Waals surface area contributed by atoms with Gasteiger partial charge in [0.1, 0.15) is 0 Å². The summed E-state index contributed by atoms with van der Waals surface area (Å²) in [6, 6.07) is 16.8. The van der Waals surface area contributed by atoms with E-state index >= 15 is 0 Å². The highest BCUT2D eigenvalue weighted by atomic mass is 16.4. The first-order chi connectivity index (χ1) is 12.3. The van der Waals surface area contributed by atoms with Gasteiger partial charge in [-0.05, 0) is 38.1 Å². The third-order valence-corrected chi connectivity index (χ3v) is 2.83. The molecule has 0 saturated heterocycles. The Bertz CT molecular complexity index is 753. The number of carbonyl (C=O) groups is 2. The van der Waals surface area contributed by atoms with Gasteiger partial charge in [-0.15, -0.1) is 0 Å². The fraction of sp³-hybridized carbons (Fsp3) is 0.100. The summed E-state index contributed by atoms with van der Waals surface area (Å²) >= 11 is 0. The maximum absolute atomic E-state index is 10.3. The third-order valence-electron chi connectivity index (χ3n) is 2.83. The molecular weight excluding hydrogens is 332 g/mol. The second kappa shape index (κ2) is 12.5. The Hall–Kier alpha value is -3.90. The van der Waals surface area contributed by atoms with Crippen LogP contribution in [0.25, 0.3) is 0 Å². The number of aryl methyl sites for hydroxylation is 2. The van der Waals surface area contributed by atoms with Crippen LogP contribution in [0.2, 0.25) is 0 Å². The molecule has 0 aliphatic heterocycles. The lowest BCUT2D eigenvalue weighted by molar-refractivity contribution is 0.0686. The molecule has 0 fully saturated rings. The Morgan fingerprint density at radius 2 is 1.00 bits per heavy atom. The van der Waals surface area contributed by atoms with Crippen molar-refractivity contribution in [2.45, 2.75) is 13.8 Å². The van der Waals surface area contributed by atoms with Gasteiger partial charge in [0.15, 0.2) is 0 Å². The van der Waals surface area contributed by atoms with Crippen LogP contribution in [0.3, 0.4) is 0 Å². The SMILES string of the molecule is Cc1ccc(C(=O)O)cc1.Cc1ccc(C(=O)O)cc1.N#C/C=C/C#N. The first kappa shape index (κ1) is 22.1. The lowest BCUT2D eigenvalue weighted by Crippen LogP contribution is -1.94. The van der Waals surface area contributed by atoms with Gasteiger partial charge < -0.3 is 10.2 Å². The normalized spacial score (nSPS) is 8.77. The first-order valence-corrected chi connectivity index (χ1v) is 7.36. The number of carboxylic acid groups (broad SMARTS) is 2. The van der Waals surface area contributed by atoms with Crippen LogP contribution in [0.1, 0.15) is 31.8 Å². The quantitative estimate of drug-likeness (QED) is 0.790. The fourth-order valence-electron chi connectivity index (χ4n) is 1.47. The number of aromatic carboxylic acids is 2. The minimum Gasteiger partial charge on any atom is -0.478 e. The van der Waals surface area contributed by atoms with Crippen LogP contribution in [0.4, 0.5) is 0 Å². The van der Waals surface area contributed by atoms with E-state index in [9.17, 15) is 9.59 Å². The zero-order chi connectivity index (χ0) is 19.9. The van der Waals surface area contributed by atoms with Crippen LogP contribution in [0.5, 0.6) is 0 Å². The number of nitrogens with zero attached hydrogens (tertiary/aromatic N) is 2. The van der Waals surface area contributed by atoms with Crippen molar-refractivity contribution in [1.29, 1.82) is 10.5 Å². The number of benzene rings is 2. The molecule has 132 valence electrons. The summed E-state index contributed by atoms with van der Waals surface area (Å²) < 4.78 is 0. The molecule has 0 radical (unpaired) electrons. The molecule has 0 saturated carbocycles. The number of allylic oxidation sites excluding steroid dienone is 2. The van der Waals surface area contributed by atoms with E-state index in [2.05, 4.69) is 0 Å². The van der Waals surface area contributed by atoms with Crippen molar-refractivity contribution in [3.63, 3.8) is 0 Å². The highest BCUT2D eigenvalue weighted by Gasteiger charge is 1.99. The molecule has 26 heavy (non-hydrogen) atoms. The third kappa shape index (κ3) is 9.98. The van der Waals surface area contributed by atoms with Crippen LogP contribution in [-0.2, 0) is 0 Å². The summed E-state index contributed by atoms with van der Waals surface area (Å²) in [5.41, 5.74) is 2.83. The van der Waals surface area contributed by atoms with Gasteiger partial charge in [0.2, 0.25) is 0 Å². The van der Waals surface area contributed by atoms with Crippen molar-refractivity contribution in [3.05, 3.63) is 82.9 Å². The molecule has 2 N–H and O–H groups in total. The molecule has 0 aliphatic carbocycles. The van der Waals surface area contributed by atoms with E-state index < -0.39 is 11.9 Å². The monoisotopic (exact) mass is 350 g/mol. The highest BCUT2D eigenvalue weighted by molar-refractivity contribution is 5.87. The fourth-order valence-corrected chi connectivity index (χ4v) is 1.47. The molecule has 0 bridgehead atoms. The minimum absolute atomic E-state index is 0.339. The Balaban J connectivity index is 0.000000375. The van der Waals surface area contributed by atoms with Gasteiger partial charge in [0.05, 0.1) is 23.3 Å². The van der Waals surface area contributed by atoms with Crippen LogP contribution in [0.15, 0.2) is 60.7 Å². The summed E-state index contributed by atoms with van der Waals surface area (Å²) in [7, 11) is 0. The summed E-state index contributed by atoms with van der Waals surface area (Å²) in [5, 5.41) is 32.4. The average Bonchev–Trinajstić information content (AvgIpc) is 2.62. The standard InChI is InChI=1S/2C8H8O2.C4H2N2/c2*1-6-2-4-7(5-3-6)8(9)10;5-3-1-2-4-6/h2*2-5H,1H3,(H,9,10);1-2H/b;;2-1+. The average molecular weight is 350 g/mol. The summed E-state index contributed by atoms with van der Waals surface area (Å²) in [6.45, 7) is 3.84. The molecule has 2 rings (SSSR count). The van der Waals surface area contributed by atoms with Crippen molar-refractivity contribution < 1.29 is 19.8 Å². The van der Waals surface area contributed by atoms with Gasteiger partial charge >= 0.3 is 11.9 Å². The first-order valence-electron chi connectivity index (χ1n) is 7.36. The van der Waals surface area contributed by atoms with Gasteiger partial charge in [-0.3, -0.25) is 0 Å². The molecule has 0 heterocycles. The summed E-state index contributed by atoms with van der Waals surface area (Å²) in [5.74, 6) is -1.75. The predicted octanol–water partition coefficient (Wildman–Crippen LogP) is 3.98. The van der Waals surface area contributed by atoms with E-state index in [1.165, 1.54) is 0 Å². The predicted molar refractivity (Wildman–Crippen MR) is 96.6 cm³/mol. The Kier molecular flexibility index (Phi) is 10.6. The Morgan fingerprint density at radius 1 is 0.731 bits per heavy atom. The topological polar surface area (TPSA) is 122 Å². The molecule has 0 amide bonds. The van der Waals surface area contributed by atoms with Gasteiger partial charge in [-0.25, -0.2) is 9.59 Å². The summed E-state index contributed by atoms with van der Waals surface area (Å²) in [6.07, 6.45) is 2.25. The minimum atomic E-state index is -0.875. The van der Waals surface area contributed by atoms with Gasteiger partial charge in [0.25, 0.3) is 0 Å². The molecule has 0 unspecified atom stereocenters. The second-order valence-electron chi connectivity index (χ2n) is 4.93. The van der Waals surface area contributed by atoms with Crippen LogP contribution in [-0.4, -0.2) is 22.2 Å². The van der Waals surface area contributed by atoms with E-state index in [0.717, 1.165) is 23.3 Å². The van der Waals surface area contributed by atoms with E-state index in [0.29, 0.717) is 11.1 Å². The Morgan fingerprint density at radius 3 is 1.19 bits per heavy atom. The molecule has 6 heteroatoms. The van der Waals surface area contributed by atoms with Gasteiger partial charge in [0, 0.05) is 12.2 Å². The van der Waals surface area contributed by atoms with Crippen molar-refractivity contribution in [2.24, 2.45) is 0 Å². The van der Waals surface area contributed by atoms with Crippen molar-refractivity contribution in [2.75, 3.05) is 0 Å². The maximum Gasteiger partial charge on any atom is 0.335 e. The number of nitriles is 2. The molecular formula is C20H18N2O4. The Labute approximate surface area is 151 Å². The second-order valence-corrected chi connectivity index (χ2v) is 4.93. The zero-order valence-corrected chi connectivity index (χ0v) is 14.4. The van der Waals surface area contributed by atoms with Gasteiger partial charge in [-0.2, -0.15) is 10.5 Å². The number of hydrogen-bond donors (Lipinski definition) is 2. The lowest BCUT2D eigenvalue weighted by atomic mass is 10.2. The number of carboxylic acids is 2. The van der Waals surface area contributed by atoms with Crippen LogP contribution >= 0.6 is 0 Å². The molecule has 0 aliphatic rings. The summed E-state index contributed by atoms with van der Waals surface area (Å²) in [4.78, 5) is 20.6. The van der Waals surface area contributed by atoms with E-state index in [-0.39, 0.29) is 0 Å². The lowest BCUT2D eigenvalue weighted by Gasteiger charge is -1.92. The van der Waals surface area contributed by atoms with Gasteiger partial charge in [-0.1, -0.05) is 35.4 Å². The van der Waals surface area contributed by atoms with E-state index in [1.54, 1.807) is 60.7 Å². The molecule has 2 aromatic rings. The maximum atomic E-state index is 10.3.